The summed E-state index contributed by atoms with van der Waals surface area (Å²) in [5.74, 6) is 0. The van der Waals surface area contributed by atoms with Gasteiger partial charge in [0.15, 0.2) is 0 Å². The first-order valence-electron chi connectivity index (χ1n) is 17.9. The van der Waals surface area contributed by atoms with Gasteiger partial charge in [0, 0.05) is 53.4 Å². The summed E-state index contributed by atoms with van der Waals surface area (Å²) >= 11 is 1.86. The van der Waals surface area contributed by atoms with E-state index >= 15 is 0 Å². The number of furan rings is 1. The van der Waals surface area contributed by atoms with Gasteiger partial charge in [0.25, 0.3) is 0 Å². The van der Waals surface area contributed by atoms with E-state index in [9.17, 15) is 0 Å². The SMILES string of the molecule is CC1(C)c2ccccc2-c2cc(N(c3ccc(-c4ccc5oc6cc7ccccc7cc6c5c4)cc3)c3ccc4c(c3)sc3ccccc34)ccc21. The smallest absolute Gasteiger partial charge is 0.136 e. The lowest BCUT2D eigenvalue weighted by atomic mass is 9.82. The van der Waals surface area contributed by atoms with E-state index in [1.165, 1.54) is 64.3 Å². The van der Waals surface area contributed by atoms with Crippen LogP contribution in [0.3, 0.4) is 0 Å². The molecule has 10 aromatic rings. The molecule has 8 aromatic carbocycles. The zero-order chi connectivity index (χ0) is 34.6. The summed E-state index contributed by atoms with van der Waals surface area (Å²) in [5.41, 5.74) is 13.0. The normalized spacial score (nSPS) is 13.3. The first-order valence-corrected chi connectivity index (χ1v) is 18.7. The average molecular weight is 684 g/mol. The lowest BCUT2D eigenvalue weighted by Gasteiger charge is -2.27. The molecular formula is C49H33NOS. The lowest BCUT2D eigenvalue weighted by molar-refractivity contribution is 0.660. The molecule has 11 rings (SSSR count). The molecule has 0 spiro atoms. The van der Waals surface area contributed by atoms with Crippen molar-refractivity contribution >= 4 is 81.3 Å². The Morgan fingerprint density at radius 3 is 1.98 bits per heavy atom. The molecule has 0 radical (unpaired) electrons. The van der Waals surface area contributed by atoms with E-state index in [0.29, 0.717) is 0 Å². The number of fused-ring (bicyclic) bond motifs is 10. The largest absolute Gasteiger partial charge is 0.456 e. The van der Waals surface area contributed by atoms with Gasteiger partial charge in [-0.15, -0.1) is 11.3 Å². The number of nitrogens with zero attached hydrogens (tertiary/aromatic N) is 1. The van der Waals surface area contributed by atoms with Crippen molar-refractivity contribution in [3.63, 3.8) is 0 Å². The Kier molecular flexibility index (Phi) is 6.21. The van der Waals surface area contributed by atoms with Gasteiger partial charge in [0.05, 0.1) is 0 Å². The monoisotopic (exact) mass is 683 g/mol. The van der Waals surface area contributed by atoms with Crippen LogP contribution < -0.4 is 4.90 Å². The van der Waals surface area contributed by atoms with Crippen LogP contribution in [0.1, 0.15) is 25.0 Å². The Morgan fingerprint density at radius 2 is 1.10 bits per heavy atom. The Bertz CT molecular complexity index is 3050. The van der Waals surface area contributed by atoms with E-state index in [1.54, 1.807) is 0 Å². The van der Waals surface area contributed by atoms with Crippen LogP contribution in [-0.4, -0.2) is 0 Å². The third kappa shape index (κ3) is 4.36. The highest BCUT2D eigenvalue weighted by Crippen LogP contribution is 2.51. The number of anilines is 3. The molecule has 0 N–H and O–H groups in total. The van der Waals surface area contributed by atoms with E-state index in [1.807, 2.05) is 11.3 Å². The fourth-order valence-electron chi connectivity index (χ4n) is 8.59. The fourth-order valence-corrected chi connectivity index (χ4v) is 9.73. The second-order valence-electron chi connectivity index (χ2n) is 14.6. The van der Waals surface area contributed by atoms with Gasteiger partial charge in [-0.1, -0.05) is 111 Å². The van der Waals surface area contributed by atoms with E-state index in [2.05, 4.69) is 183 Å². The highest BCUT2D eigenvalue weighted by atomic mass is 32.1. The Morgan fingerprint density at radius 1 is 0.442 bits per heavy atom. The highest BCUT2D eigenvalue weighted by Gasteiger charge is 2.35. The molecule has 0 saturated carbocycles. The molecular weight excluding hydrogens is 651 g/mol. The minimum absolute atomic E-state index is 0.0402. The molecule has 2 heterocycles. The van der Waals surface area contributed by atoms with Crippen LogP contribution >= 0.6 is 11.3 Å². The topological polar surface area (TPSA) is 16.4 Å². The Labute approximate surface area is 305 Å². The quantitative estimate of drug-likeness (QED) is 0.184. The van der Waals surface area contributed by atoms with E-state index < -0.39 is 0 Å². The maximum atomic E-state index is 6.31. The number of hydrogen-bond acceptors (Lipinski definition) is 3. The van der Waals surface area contributed by atoms with Crippen molar-refractivity contribution < 1.29 is 4.42 Å². The molecule has 1 aliphatic carbocycles. The van der Waals surface area contributed by atoms with Gasteiger partial charge in [-0.25, -0.2) is 0 Å². The zero-order valence-electron chi connectivity index (χ0n) is 28.9. The van der Waals surface area contributed by atoms with Gasteiger partial charge in [-0.05, 0) is 111 Å². The molecule has 0 unspecified atom stereocenters. The van der Waals surface area contributed by atoms with Crippen molar-refractivity contribution in [3.8, 4) is 22.3 Å². The van der Waals surface area contributed by atoms with Gasteiger partial charge in [0.2, 0.25) is 0 Å². The standard InChI is InChI=1S/C49H33NOS/c1-49(2)43-13-7-5-11-37(43)40-28-35(21-23-44(40)49)50(36-20-22-39-38-12-6-8-14-47(38)52-48(39)29-36)34-18-15-30(16-19-34)33-17-24-45-41(26-33)42-25-31-9-3-4-10-32(31)27-46(42)51-45/h3-29H,1-2H3. The third-order valence-corrected chi connectivity index (χ3v) is 12.4. The van der Waals surface area contributed by atoms with Gasteiger partial charge >= 0.3 is 0 Å². The van der Waals surface area contributed by atoms with Gasteiger partial charge in [-0.3, -0.25) is 0 Å². The number of thiophene rings is 1. The summed E-state index contributed by atoms with van der Waals surface area (Å²) in [4.78, 5) is 2.42. The van der Waals surface area contributed by atoms with Gasteiger partial charge in [0.1, 0.15) is 11.2 Å². The molecule has 3 heteroatoms. The summed E-state index contributed by atoms with van der Waals surface area (Å²) in [6.45, 7) is 4.68. The number of hydrogen-bond donors (Lipinski definition) is 0. The second-order valence-corrected chi connectivity index (χ2v) is 15.7. The molecule has 0 fully saturated rings. The number of rotatable bonds is 4. The maximum absolute atomic E-state index is 6.31. The van der Waals surface area contributed by atoms with Crippen LogP contribution in [0.25, 0.3) is 75.1 Å². The fraction of sp³-hybridized carbons (Fsp3) is 0.0612. The third-order valence-electron chi connectivity index (χ3n) is 11.2. The summed E-state index contributed by atoms with van der Waals surface area (Å²) in [7, 11) is 0. The highest BCUT2D eigenvalue weighted by molar-refractivity contribution is 7.25. The first kappa shape index (κ1) is 29.6. The maximum Gasteiger partial charge on any atom is 0.136 e. The predicted molar refractivity (Wildman–Crippen MR) is 222 cm³/mol. The van der Waals surface area contributed by atoms with E-state index in [-0.39, 0.29) is 5.41 Å². The van der Waals surface area contributed by atoms with E-state index in [0.717, 1.165) is 39.0 Å². The molecule has 0 aliphatic heterocycles. The summed E-state index contributed by atoms with van der Waals surface area (Å²) in [6.07, 6.45) is 0. The summed E-state index contributed by atoms with van der Waals surface area (Å²) < 4.78 is 8.92. The van der Waals surface area contributed by atoms with Crippen LogP contribution in [0.4, 0.5) is 17.1 Å². The zero-order valence-corrected chi connectivity index (χ0v) is 29.7. The van der Waals surface area contributed by atoms with Crippen molar-refractivity contribution in [2.75, 3.05) is 4.90 Å². The second kappa shape index (κ2) is 10.9. The van der Waals surface area contributed by atoms with Crippen LogP contribution in [-0.2, 0) is 5.41 Å². The van der Waals surface area contributed by atoms with Crippen LogP contribution in [0, 0.1) is 0 Å². The van der Waals surface area contributed by atoms with Crippen LogP contribution in [0.15, 0.2) is 168 Å². The van der Waals surface area contributed by atoms with Crippen LogP contribution in [0.5, 0.6) is 0 Å². The minimum Gasteiger partial charge on any atom is -0.456 e. The summed E-state index contributed by atoms with van der Waals surface area (Å²) in [6, 6.07) is 60.1. The van der Waals surface area contributed by atoms with Crippen molar-refractivity contribution in [3.05, 3.63) is 175 Å². The molecule has 2 aromatic heterocycles. The van der Waals surface area contributed by atoms with Gasteiger partial charge < -0.3 is 9.32 Å². The van der Waals surface area contributed by atoms with Crippen molar-refractivity contribution in [2.45, 2.75) is 19.3 Å². The van der Waals surface area contributed by atoms with Crippen molar-refractivity contribution in [1.29, 1.82) is 0 Å². The van der Waals surface area contributed by atoms with Crippen molar-refractivity contribution in [1.82, 2.24) is 0 Å². The summed E-state index contributed by atoms with van der Waals surface area (Å²) in [5, 5.41) is 7.33. The average Bonchev–Trinajstić information content (AvgIpc) is 3.81. The Balaban J connectivity index is 1.05. The Hall–Kier alpha value is -6.16. The molecule has 2 nitrogen and oxygen atoms in total. The predicted octanol–water partition coefficient (Wildman–Crippen LogP) is 14.6. The first-order chi connectivity index (χ1) is 25.5. The molecule has 1 aliphatic rings. The number of benzene rings is 8. The lowest BCUT2D eigenvalue weighted by Crippen LogP contribution is -2.15. The molecule has 0 amide bonds. The molecule has 0 bridgehead atoms. The molecule has 0 saturated heterocycles. The molecule has 246 valence electrons. The van der Waals surface area contributed by atoms with Crippen molar-refractivity contribution in [2.24, 2.45) is 0 Å². The molecule has 0 atom stereocenters. The van der Waals surface area contributed by atoms with Crippen LogP contribution in [0.2, 0.25) is 0 Å². The minimum atomic E-state index is -0.0402. The van der Waals surface area contributed by atoms with Gasteiger partial charge in [-0.2, -0.15) is 0 Å². The molecule has 52 heavy (non-hydrogen) atoms. The van der Waals surface area contributed by atoms with E-state index in [4.69, 9.17) is 4.42 Å².